The monoisotopic (exact) mass is 309 g/mol. The van der Waals surface area contributed by atoms with E-state index in [4.69, 9.17) is 4.74 Å². The quantitative estimate of drug-likeness (QED) is 0.727. The molecule has 0 aliphatic carbocycles. The molecule has 4 nitrogen and oxygen atoms in total. The molecule has 1 atom stereocenters. The standard InChI is InChI=1S/C17H24FNO3/c1-12(2)9-10-19(11-13(3)17(21)22-4)16(20)14-5-7-15(18)8-6-14/h5-8,12-13H,9-11H2,1-4H3. The second-order valence-electron chi connectivity index (χ2n) is 5.86. The van der Waals surface area contributed by atoms with Gasteiger partial charge in [-0.3, -0.25) is 9.59 Å². The van der Waals surface area contributed by atoms with Crippen molar-refractivity contribution in [2.24, 2.45) is 11.8 Å². The van der Waals surface area contributed by atoms with Crippen molar-refractivity contribution in [2.75, 3.05) is 20.2 Å². The summed E-state index contributed by atoms with van der Waals surface area (Å²) in [5.74, 6) is -0.885. The van der Waals surface area contributed by atoms with E-state index in [1.54, 1.807) is 11.8 Å². The van der Waals surface area contributed by atoms with Crippen LogP contribution in [0.15, 0.2) is 24.3 Å². The number of esters is 1. The number of carbonyl (C=O) groups is 2. The number of nitrogens with zero attached hydrogens (tertiary/aromatic N) is 1. The van der Waals surface area contributed by atoms with Gasteiger partial charge in [0.2, 0.25) is 0 Å². The molecule has 22 heavy (non-hydrogen) atoms. The molecule has 0 fully saturated rings. The van der Waals surface area contributed by atoms with Crippen molar-refractivity contribution in [1.82, 2.24) is 4.90 Å². The summed E-state index contributed by atoms with van der Waals surface area (Å²) in [5, 5.41) is 0. The summed E-state index contributed by atoms with van der Waals surface area (Å²) < 4.78 is 17.7. The van der Waals surface area contributed by atoms with E-state index in [1.807, 2.05) is 0 Å². The summed E-state index contributed by atoms with van der Waals surface area (Å²) in [7, 11) is 1.33. The van der Waals surface area contributed by atoms with E-state index in [0.29, 0.717) is 18.0 Å². The van der Waals surface area contributed by atoms with Gasteiger partial charge in [0, 0.05) is 18.7 Å². The predicted molar refractivity (Wildman–Crippen MR) is 82.9 cm³/mol. The van der Waals surface area contributed by atoms with E-state index in [9.17, 15) is 14.0 Å². The molecule has 0 spiro atoms. The molecule has 0 aromatic heterocycles. The van der Waals surface area contributed by atoms with Gasteiger partial charge in [-0.1, -0.05) is 20.8 Å². The Morgan fingerprint density at radius 1 is 1.18 bits per heavy atom. The zero-order valence-electron chi connectivity index (χ0n) is 13.6. The van der Waals surface area contributed by atoms with Gasteiger partial charge < -0.3 is 9.64 Å². The number of ether oxygens (including phenoxy) is 1. The highest BCUT2D eigenvalue weighted by Crippen LogP contribution is 2.12. The first-order chi connectivity index (χ1) is 10.3. The topological polar surface area (TPSA) is 46.6 Å². The Balaban J connectivity index is 2.85. The molecule has 1 aromatic rings. The van der Waals surface area contributed by atoms with E-state index < -0.39 is 5.92 Å². The minimum Gasteiger partial charge on any atom is -0.469 e. The van der Waals surface area contributed by atoms with Crippen molar-refractivity contribution >= 4 is 11.9 Å². The van der Waals surface area contributed by atoms with Crippen molar-refractivity contribution in [3.8, 4) is 0 Å². The number of methoxy groups -OCH3 is 1. The third-order valence-electron chi connectivity index (χ3n) is 3.45. The van der Waals surface area contributed by atoms with Gasteiger partial charge >= 0.3 is 5.97 Å². The molecule has 0 saturated carbocycles. The fourth-order valence-corrected chi connectivity index (χ4v) is 2.07. The van der Waals surface area contributed by atoms with Crippen LogP contribution in [-0.2, 0) is 9.53 Å². The van der Waals surface area contributed by atoms with Crippen molar-refractivity contribution in [2.45, 2.75) is 27.2 Å². The van der Waals surface area contributed by atoms with Gasteiger partial charge in [0.15, 0.2) is 0 Å². The van der Waals surface area contributed by atoms with Gasteiger partial charge in [-0.15, -0.1) is 0 Å². The summed E-state index contributed by atoms with van der Waals surface area (Å²) in [6.45, 7) is 6.71. The lowest BCUT2D eigenvalue weighted by atomic mass is 10.1. The molecular weight excluding hydrogens is 285 g/mol. The van der Waals surface area contributed by atoms with Crippen LogP contribution in [0.1, 0.15) is 37.6 Å². The highest BCUT2D eigenvalue weighted by molar-refractivity contribution is 5.94. The molecule has 0 N–H and O–H groups in total. The third-order valence-corrected chi connectivity index (χ3v) is 3.45. The van der Waals surface area contributed by atoms with Crippen LogP contribution in [0.25, 0.3) is 0 Å². The van der Waals surface area contributed by atoms with Gasteiger partial charge in [-0.05, 0) is 36.6 Å². The highest BCUT2D eigenvalue weighted by Gasteiger charge is 2.22. The van der Waals surface area contributed by atoms with Crippen molar-refractivity contribution in [1.29, 1.82) is 0 Å². The summed E-state index contributed by atoms with van der Waals surface area (Å²) in [6, 6.07) is 5.45. The maximum absolute atomic E-state index is 13.0. The van der Waals surface area contributed by atoms with E-state index in [-0.39, 0.29) is 24.2 Å². The van der Waals surface area contributed by atoms with Gasteiger partial charge in [0.1, 0.15) is 5.82 Å². The Morgan fingerprint density at radius 2 is 1.77 bits per heavy atom. The molecule has 5 heteroatoms. The molecule has 0 bridgehead atoms. The number of halogens is 1. The summed E-state index contributed by atoms with van der Waals surface area (Å²) in [5.41, 5.74) is 0.419. The van der Waals surface area contributed by atoms with Crippen molar-refractivity contribution in [3.63, 3.8) is 0 Å². The molecule has 0 heterocycles. The molecule has 1 unspecified atom stereocenters. The number of amides is 1. The van der Waals surface area contributed by atoms with Crippen molar-refractivity contribution < 1.29 is 18.7 Å². The maximum Gasteiger partial charge on any atom is 0.310 e. The maximum atomic E-state index is 13.0. The predicted octanol–water partition coefficient (Wildman–Crippen LogP) is 3.12. The van der Waals surface area contributed by atoms with Crippen LogP contribution in [-0.4, -0.2) is 37.0 Å². The third kappa shape index (κ3) is 5.47. The number of hydrogen-bond donors (Lipinski definition) is 0. The van der Waals surface area contributed by atoms with Crippen molar-refractivity contribution in [3.05, 3.63) is 35.6 Å². The molecule has 0 aliphatic heterocycles. The number of carbonyl (C=O) groups excluding carboxylic acids is 2. The smallest absolute Gasteiger partial charge is 0.310 e. The Labute approximate surface area is 131 Å². The van der Waals surface area contributed by atoms with Crippen LogP contribution in [0.5, 0.6) is 0 Å². The van der Waals surface area contributed by atoms with E-state index in [1.165, 1.54) is 31.4 Å². The lowest BCUT2D eigenvalue weighted by Crippen LogP contribution is -2.38. The van der Waals surface area contributed by atoms with Crippen LogP contribution in [0.3, 0.4) is 0 Å². The summed E-state index contributed by atoms with van der Waals surface area (Å²) >= 11 is 0. The van der Waals surface area contributed by atoms with Gasteiger partial charge in [0.25, 0.3) is 5.91 Å². The zero-order valence-corrected chi connectivity index (χ0v) is 13.6. The first-order valence-corrected chi connectivity index (χ1v) is 7.47. The summed E-state index contributed by atoms with van der Waals surface area (Å²) in [6.07, 6.45) is 0.834. The number of hydrogen-bond acceptors (Lipinski definition) is 3. The van der Waals surface area contributed by atoms with Crippen LogP contribution < -0.4 is 0 Å². The minimum absolute atomic E-state index is 0.198. The van der Waals surface area contributed by atoms with E-state index >= 15 is 0 Å². The molecule has 1 aromatic carbocycles. The Hall–Kier alpha value is -1.91. The lowest BCUT2D eigenvalue weighted by Gasteiger charge is -2.26. The van der Waals surface area contributed by atoms with E-state index in [2.05, 4.69) is 13.8 Å². The molecular formula is C17H24FNO3. The molecule has 0 saturated heterocycles. The molecule has 1 rings (SSSR count). The molecule has 0 aliphatic rings. The highest BCUT2D eigenvalue weighted by atomic mass is 19.1. The zero-order chi connectivity index (χ0) is 16.7. The van der Waals surface area contributed by atoms with Crippen LogP contribution >= 0.6 is 0 Å². The van der Waals surface area contributed by atoms with E-state index in [0.717, 1.165) is 6.42 Å². The fourth-order valence-electron chi connectivity index (χ4n) is 2.07. The number of rotatable bonds is 7. The largest absolute Gasteiger partial charge is 0.469 e. The van der Waals surface area contributed by atoms with Gasteiger partial charge in [0.05, 0.1) is 13.0 Å². The molecule has 122 valence electrons. The summed E-state index contributed by atoms with van der Waals surface area (Å²) in [4.78, 5) is 25.8. The Morgan fingerprint density at radius 3 is 2.27 bits per heavy atom. The van der Waals surface area contributed by atoms with Crippen LogP contribution in [0.2, 0.25) is 0 Å². The second kappa shape index (κ2) is 8.51. The first kappa shape index (κ1) is 18.1. The van der Waals surface area contributed by atoms with Gasteiger partial charge in [-0.25, -0.2) is 4.39 Å². The van der Waals surface area contributed by atoms with Crippen LogP contribution in [0, 0.1) is 17.7 Å². The first-order valence-electron chi connectivity index (χ1n) is 7.47. The van der Waals surface area contributed by atoms with Crippen LogP contribution in [0.4, 0.5) is 4.39 Å². The normalized spacial score (nSPS) is 12.1. The Kier molecular flexibility index (Phi) is 7.02. The average Bonchev–Trinajstić information content (AvgIpc) is 2.50. The van der Waals surface area contributed by atoms with Gasteiger partial charge in [-0.2, -0.15) is 0 Å². The second-order valence-corrected chi connectivity index (χ2v) is 5.86. The molecule has 0 radical (unpaired) electrons. The molecule has 1 amide bonds. The SMILES string of the molecule is COC(=O)C(C)CN(CCC(C)C)C(=O)c1ccc(F)cc1. The fraction of sp³-hybridized carbons (Fsp3) is 0.529. The minimum atomic E-state index is -0.401. The average molecular weight is 309 g/mol. The lowest BCUT2D eigenvalue weighted by molar-refractivity contribution is -0.145. The number of benzene rings is 1. The Bertz CT molecular complexity index is 499.